The van der Waals surface area contributed by atoms with Gasteiger partial charge in [0.05, 0.1) is 0 Å². The van der Waals surface area contributed by atoms with E-state index in [1.54, 1.807) is 18.2 Å². The van der Waals surface area contributed by atoms with Crippen molar-refractivity contribution >= 4 is 11.6 Å². The average molecular weight is 254 g/mol. The Labute approximate surface area is 104 Å². The second-order valence-electron chi connectivity index (χ2n) is 3.68. The zero-order valence-electron chi connectivity index (χ0n) is 9.43. The highest BCUT2D eigenvalue weighted by Gasteiger charge is 2.13. The van der Waals surface area contributed by atoms with E-state index in [1.807, 2.05) is 7.05 Å². The first-order chi connectivity index (χ1) is 8.22. The molecule has 1 aromatic heterocycles. The molecule has 2 rings (SSSR count). The minimum absolute atomic E-state index is 0.318. The van der Waals surface area contributed by atoms with Crippen LogP contribution in [0.25, 0.3) is 11.3 Å². The van der Waals surface area contributed by atoms with Gasteiger partial charge in [0.2, 0.25) is 0 Å². The second kappa shape index (κ2) is 5.29. The second-order valence-corrected chi connectivity index (χ2v) is 4.06. The van der Waals surface area contributed by atoms with Crippen LogP contribution in [-0.4, -0.2) is 23.6 Å². The third-order valence-electron chi connectivity index (χ3n) is 2.45. The number of imidazole rings is 1. The molecule has 0 unspecified atom stereocenters. The Morgan fingerprint density at radius 2 is 2.18 bits per heavy atom. The monoisotopic (exact) mass is 253 g/mol. The summed E-state index contributed by atoms with van der Waals surface area (Å²) in [6.07, 6.45) is 0.727. The lowest BCUT2D eigenvalue weighted by Crippen LogP contribution is -2.11. The van der Waals surface area contributed by atoms with Gasteiger partial charge in [-0.3, -0.25) is 0 Å². The van der Waals surface area contributed by atoms with Crippen molar-refractivity contribution in [1.82, 2.24) is 15.3 Å². The summed E-state index contributed by atoms with van der Waals surface area (Å²) in [6.45, 7) is 0.792. The molecule has 0 atom stereocenters. The molecule has 0 aliphatic rings. The van der Waals surface area contributed by atoms with Crippen molar-refractivity contribution in [2.45, 2.75) is 6.42 Å². The van der Waals surface area contributed by atoms with E-state index in [-0.39, 0.29) is 5.82 Å². The van der Waals surface area contributed by atoms with E-state index in [0.29, 0.717) is 16.4 Å². The SMILES string of the molecule is CNCCc1nc(-c2ccccc2F)c(Cl)[nH]1. The van der Waals surface area contributed by atoms with Gasteiger partial charge in [0.25, 0.3) is 0 Å². The molecular weight excluding hydrogens is 241 g/mol. The van der Waals surface area contributed by atoms with Crippen LogP contribution in [0.5, 0.6) is 0 Å². The Hall–Kier alpha value is -1.39. The highest BCUT2D eigenvalue weighted by Crippen LogP contribution is 2.27. The van der Waals surface area contributed by atoms with Crippen LogP contribution in [0.3, 0.4) is 0 Å². The standard InChI is InChI=1S/C12H13ClFN3/c1-15-7-6-10-16-11(12(13)17-10)8-4-2-3-5-9(8)14/h2-5,15H,6-7H2,1H3,(H,16,17). The van der Waals surface area contributed by atoms with Gasteiger partial charge in [-0.1, -0.05) is 23.7 Å². The molecule has 0 spiro atoms. The van der Waals surface area contributed by atoms with Crippen LogP contribution in [-0.2, 0) is 6.42 Å². The first kappa shape index (κ1) is 12.1. The number of H-pyrrole nitrogens is 1. The van der Waals surface area contributed by atoms with E-state index in [4.69, 9.17) is 11.6 Å². The zero-order chi connectivity index (χ0) is 12.3. The fourth-order valence-electron chi connectivity index (χ4n) is 1.59. The maximum atomic E-state index is 13.6. The summed E-state index contributed by atoms with van der Waals surface area (Å²) in [5.41, 5.74) is 0.889. The van der Waals surface area contributed by atoms with Gasteiger partial charge in [-0.2, -0.15) is 0 Å². The van der Waals surface area contributed by atoms with E-state index >= 15 is 0 Å². The molecule has 2 N–H and O–H groups in total. The van der Waals surface area contributed by atoms with E-state index in [9.17, 15) is 4.39 Å². The smallest absolute Gasteiger partial charge is 0.134 e. The molecule has 0 fully saturated rings. The molecule has 0 saturated carbocycles. The van der Waals surface area contributed by atoms with Gasteiger partial charge in [-0.15, -0.1) is 0 Å². The van der Waals surface area contributed by atoms with Crippen LogP contribution < -0.4 is 5.32 Å². The molecule has 0 aliphatic heterocycles. The predicted octanol–water partition coefficient (Wildman–Crippen LogP) is 2.63. The van der Waals surface area contributed by atoms with Gasteiger partial charge < -0.3 is 10.3 Å². The fourth-order valence-corrected chi connectivity index (χ4v) is 1.84. The van der Waals surface area contributed by atoms with Gasteiger partial charge >= 0.3 is 0 Å². The van der Waals surface area contributed by atoms with Crippen molar-refractivity contribution in [2.75, 3.05) is 13.6 Å². The first-order valence-electron chi connectivity index (χ1n) is 5.36. The maximum Gasteiger partial charge on any atom is 0.134 e. The normalized spacial score (nSPS) is 10.8. The topological polar surface area (TPSA) is 40.7 Å². The number of rotatable bonds is 4. The Morgan fingerprint density at radius 3 is 2.88 bits per heavy atom. The Morgan fingerprint density at radius 1 is 1.41 bits per heavy atom. The molecule has 90 valence electrons. The fraction of sp³-hybridized carbons (Fsp3) is 0.250. The summed E-state index contributed by atoms with van der Waals surface area (Å²) in [7, 11) is 1.86. The number of nitrogens with one attached hydrogen (secondary N) is 2. The number of hydrogen-bond donors (Lipinski definition) is 2. The number of hydrogen-bond acceptors (Lipinski definition) is 2. The van der Waals surface area contributed by atoms with Gasteiger partial charge in [0, 0.05) is 18.5 Å². The summed E-state index contributed by atoms with van der Waals surface area (Å²) in [5, 5.41) is 3.40. The van der Waals surface area contributed by atoms with Gasteiger partial charge in [-0.05, 0) is 19.2 Å². The Kier molecular flexibility index (Phi) is 3.76. The van der Waals surface area contributed by atoms with Crippen molar-refractivity contribution in [3.8, 4) is 11.3 Å². The number of halogens is 2. The molecule has 1 heterocycles. The van der Waals surface area contributed by atoms with Crippen LogP contribution in [0.2, 0.25) is 5.15 Å². The lowest BCUT2D eigenvalue weighted by atomic mass is 10.1. The number of aromatic amines is 1. The minimum atomic E-state index is -0.318. The summed E-state index contributed by atoms with van der Waals surface area (Å²) in [4.78, 5) is 7.26. The molecule has 1 aromatic carbocycles. The first-order valence-corrected chi connectivity index (χ1v) is 5.74. The largest absolute Gasteiger partial charge is 0.332 e. The Bertz CT molecular complexity index is 510. The van der Waals surface area contributed by atoms with Crippen LogP contribution in [0, 0.1) is 5.82 Å². The lowest BCUT2D eigenvalue weighted by Gasteiger charge is -1.98. The summed E-state index contributed by atoms with van der Waals surface area (Å²) < 4.78 is 13.6. The van der Waals surface area contributed by atoms with Crippen molar-refractivity contribution in [3.63, 3.8) is 0 Å². The molecule has 2 aromatic rings. The van der Waals surface area contributed by atoms with Gasteiger partial charge in [0.15, 0.2) is 0 Å². The van der Waals surface area contributed by atoms with E-state index in [0.717, 1.165) is 18.8 Å². The molecule has 0 radical (unpaired) electrons. The van der Waals surface area contributed by atoms with E-state index < -0.39 is 0 Å². The number of aromatic nitrogens is 2. The number of likely N-dealkylation sites (N-methyl/N-ethyl adjacent to an activating group) is 1. The minimum Gasteiger partial charge on any atom is -0.332 e. The molecule has 0 bridgehead atoms. The number of nitrogens with zero attached hydrogens (tertiary/aromatic N) is 1. The van der Waals surface area contributed by atoms with Crippen molar-refractivity contribution in [2.24, 2.45) is 0 Å². The van der Waals surface area contributed by atoms with E-state index in [2.05, 4.69) is 15.3 Å². The molecule has 17 heavy (non-hydrogen) atoms. The van der Waals surface area contributed by atoms with Crippen LogP contribution in [0.1, 0.15) is 5.82 Å². The highest BCUT2D eigenvalue weighted by atomic mass is 35.5. The molecule has 5 heteroatoms. The average Bonchev–Trinajstić information content (AvgIpc) is 2.68. The molecular formula is C12H13ClFN3. The van der Waals surface area contributed by atoms with E-state index in [1.165, 1.54) is 6.07 Å². The third-order valence-corrected chi connectivity index (χ3v) is 2.72. The maximum absolute atomic E-state index is 13.6. The van der Waals surface area contributed by atoms with Gasteiger partial charge in [0.1, 0.15) is 22.5 Å². The summed E-state index contributed by atoms with van der Waals surface area (Å²) in [5.74, 6) is 0.434. The molecule has 0 amide bonds. The van der Waals surface area contributed by atoms with Crippen molar-refractivity contribution in [1.29, 1.82) is 0 Å². The predicted molar refractivity (Wildman–Crippen MR) is 66.6 cm³/mol. The van der Waals surface area contributed by atoms with Crippen LogP contribution >= 0.6 is 11.6 Å². The third kappa shape index (κ3) is 2.65. The van der Waals surface area contributed by atoms with Crippen LogP contribution in [0.15, 0.2) is 24.3 Å². The van der Waals surface area contributed by atoms with Crippen molar-refractivity contribution < 1.29 is 4.39 Å². The quantitative estimate of drug-likeness (QED) is 0.880. The molecule has 0 saturated heterocycles. The zero-order valence-corrected chi connectivity index (χ0v) is 10.2. The highest BCUT2D eigenvalue weighted by molar-refractivity contribution is 6.31. The molecule has 0 aliphatic carbocycles. The lowest BCUT2D eigenvalue weighted by molar-refractivity contribution is 0.631. The summed E-state index contributed by atoms with van der Waals surface area (Å²) >= 11 is 6.03. The van der Waals surface area contributed by atoms with Gasteiger partial charge in [-0.25, -0.2) is 9.37 Å². The van der Waals surface area contributed by atoms with Crippen LogP contribution in [0.4, 0.5) is 4.39 Å². The number of benzene rings is 1. The summed E-state index contributed by atoms with van der Waals surface area (Å²) in [6, 6.07) is 6.46. The van der Waals surface area contributed by atoms with Crippen molar-refractivity contribution in [3.05, 3.63) is 41.1 Å². The molecule has 3 nitrogen and oxygen atoms in total. The Balaban J connectivity index is 2.33.